The lowest BCUT2D eigenvalue weighted by Crippen LogP contribution is -2.30. The van der Waals surface area contributed by atoms with Gasteiger partial charge in [-0.2, -0.15) is 0 Å². The van der Waals surface area contributed by atoms with Crippen LogP contribution in [0.3, 0.4) is 0 Å². The van der Waals surface area contributed by atoms with E-state index < -0.39 is 0 Å². The molecule has 0 aliphatic carbocycles. The highest BCUT2D eigenvalue weighted by atomic mass is 16.5. The first-order valence-corrected chi connectivity index (χ1v) is 6.71. The Morgan fingerprint density at radius 1 is 1.39 bits per heavy atom. The fraction of sp³-hybridized carbons (Fsp3) is 0.467. The molecule has 1 aromatic heterocycles. The normalized spacial score (nSPS) is 20.2. The molecular formula is C15H20N2O. The quantitative estimate of drug-likeness (QED) is 0.871. The number of ether oxygens (including phenoxy) is 1. The number of rotatable bonds is 3. The van der Waals surface area contributed by atoms with Crippen LogP contribution in [-0.4, -0.2) is 25.2 Å². The van der Waals surface area contributed by atoms with Crippen molar-refractivity contribution in [2.75, 3.05) is 20.2 Å². The van der Waals surface area contributed by atoms with Crippen molar-refractivity contribution in [3.8, 4) is 5.75 Å². The molecule has 2 heterocycles. The molecule has 2 N–H and O–H groups in total. The van der Waals surface area contributed by atoms with Crippen LogP contribution in [0.5, 0.6) is 5.75 Å². The lowest BCUT2D eigenvalue weighted by molar-refractivity contribution is 0.377. The largest absolute Gasteiger partial charge is 0.497 e. The summed E-state index contributed by atoms with van der Waals surface area (Å²) in [7, 11) is 1.71. The molecule has 96 valence electrons. The SMILES string of the molecule is COc1ccc2c(CC3CCCNC3)c[nH]c2c1. The van der Waals surface area contributed by atoms with Gasteiger partial charge in [0.1, 0.15) is 5.75 Å². The van der Waals surface area contributed by atoms with Gasteiger partial charge in [0, 0.05) is 23.2 Å². The molecule has 3 heteroatoms. The molecule has 3 nitrogen and oxygen atoms in total. The van der Waals surface area contributed by atoms with Crippen LogP contribution in [0.25, 0.3) is 10.9 Å². The molecule has 3 rings (SSSR count). The Labute approximate surface area is 108 Å². The van der Waals surface area contributed by atoms with Crippen LogP contribution in [0, 0.1) is 5.92 Å². The molecule has 1 aromatic carbocycles. The van der Waals surface area contributed by atoms with Gasteiger partial charge in [-0.05, 0) is 56.0 Å². The van der Waals surface area contributed by atoms with Crippen LogP contribution in [0.4, 0.5) is 0 Å². The molecule has 0 saturated carbocycles. The lowest BCUT2D eigenvalue weighted by Gasteiger charge is -2.22. The van der Waals surface area contributed by atoms with Crippen LogP contribution in [-0.2, 0) is 6.42 Å². The number of benzene rings is 1. The molecule has 0 radical (unpaired) electrons. The predicted octanol–water partition coefficient (Wildman–Crippen LogP) is 2.72. The van der Waals surface area contributed by atoms with Gasteiger partial charge in [0.15, 0.2) is 0 Å². The van der Waals surface area contributed by atoms with E-state index >= 15 is 0 Å². The second kappa shape index (κ2) is 5.02. The van der Waals surface area contributed by atoms with Gasteiger partial charge in [0.05, 0.1) is 7.11 Å². The average molecular weight is 244 g/mol. The van der Waals surface area contributed by atoms with E-state index in [0.717, 1.165) is 18.2 Å². The van der Waals surface area contributed by atoms with Gasteiger partial charge in [0.25, 0.3) is 0 Å². The van der Waals surface area contributed by atoms with E-state index in [9.17, 15) is 0 Å². The van der Waals surface area contributed by atoms with Gasteiger partial charge in [-0.3, -0.25) is 0 Å². The number of nitrogens with one attached hydrogen (secondary N) is 2. The smallest absolute Gasteiger partial charge is 0.120 e. The number of fused-ring (bicyclic) bond motifs is 1. The van der Waals surface area contributed by atoms with Gasteiger partial charge in [-0.15, -0.1) is 0 Å². The van der Waals surface area contributed by atoms with Crippen LogP contribution < -0.4 is 10.1 Å². The van der Waals surface area contributed by atoms with Gasteiger partial charge < -0.3 is 15.0 Å². The van der Waals surface area contributed by atoms with E-state index in [-0.39, 0.29) is 0 Å². The third-order valence-corrected chi connectivity index (χ3v) is 3.88. The highest BCUT2D eigenvalue weighted by Gasteiger charge is 2.15. The lowest BCUT2D eigenvalue weighted by atomic mass is 9.92. The number of aromatic amines is 1. The third kappa shape index (κ3) is 2.23. The fourth-order valence-corrected chi connectivity index (χ4v) is 2.87. The second-order valence-electron chi connectivity index (χ2n) is 5.14. The van der Waals surface area contributed by atoms with E-state index in [4.69, 9.17) is 4.74 Å². The second-order valence-corrected chi connectivity index (χ2v) is 5.14. The van der Waals surface area contributed by atoms with Gasteiger partial charge >= 0.3 is 0 Å². The maximum absolute atomic E-state index is 5.25. The Balaban J connectivity index is 1.83. The number of piperidine rings is 1. The summed E-state index contributed by atoms with van der Waals surface area (Å²) in [6.45, 7) is 2.34. The van der Waals surface area contributed by atoms with Crippen LogP contribution in [0.2, 0.25) is 0 Å². The van der Waals surface area contributed by atoms with Gasteiger partial charge in [0.2, 0.25) is 0 Å². The summed E-state index contributed by atoms with van der Waals surface area (Å²) in [6, 6.07) is 6.27. The first-order valence-electron chi connectivity index (χ1n) is 6.71. The van der Waals surface area contributed by atoms with Crippen LogP contribution in [0.15, 0.2) is 24.4 Å². The molecule has 1 fully saturated rings. The molecule has 1 atom stereocenters. The Kier molecular flexibility index (Phi) is 3.24. The average Bonchev–Trinajstić information content (AvgIpc) is 2.82. The summed E-state index contributed by atoms with van der Waals surface area (Å²) < 4.78 is 5.25. The van der Waals surface area contributed by atoms with E-state index in [0.29, 0.717) is 0 Å². The molecule has 0 bridgehead atoms. The third-order valence-electron chi connectivity index (χ3n) is 3.88. The molecule has 0 spiro atoms. The van der Waals surface area contributed by atoms with Crippen LogP contribution in [0.1, 0.15) is 18.4 Å². The highest BCUT2D eigenvalue weighted by molar-refractivity contribution is 5.84. The molecule has 18 heavy (non-hydrogen) atoms. The van der Waals surface area contributed by atoms with Crippen molar-refractivity contribution in [3.63, 3.8) is 0 Å². The zero-order chi connectivity index (χ0) is 12.4. The predicted molar refractivity (Wildman–Crippen MR) is 74.1 cm³/mol. The molecular weight excluding hydrogens is 224 g/mol. The Bertz CT molecular complexity index is 526. The standard InChI is InChI=1S/C15H20N2O/c1-18-13-4-5-14-12(10-17-15(14)8-13)7-11-3-2-6-16-9-11/h4-5,8,10-11,16-17H,2-3,6-7,9H2,1H3. The highest BCUT2D eigenvalue weighted by Crippen LogP contribution is 2.26. The fourth-order valence-electron chi connectivity index (χ4n) is 2.87. The zero-order valence-corrected chi connectivity index (χ0v) is 10.8. The first kappa shape index (κ1) is 11.6. The van der Waals surface area contributed by atoms with Crippen molar-refractivity contribution >= 4 is 10.9 Å². The number of aromatic nitrogens is 1. The maximum atomic E-state index is 5.25. The van der Waals surface area contributed by atoms with E-state index in [2.05, 4.69) is 28.6 Å². The zero-order valence-electron chi connectivity index (χ0n) is 10.8. The molecule has 2 aromatic rings. The Morgan fingerprint density at radius 3 is 3.11 bits per heavy atom. The van der Waals surface area contributed by atoms with Crippen LogP contribution >= 0.6 is 0 Å². The minimum absolute atomic E-state index is 0.778. The van der Waals surface area contributed by atoms with Crippen molar-refractivity contribution in [1.82, 2.24) is 10.3 Å². The van der Waals surface area contributed by atoms with E-state index in [1.165, 1.54) is 42.3 Å². The molecule has 1 unspecified atom stereocenters. The number of H-pyrrole nitrogens is 1. The molecule has 1 aliphatic rings. The summed E-state index contributed by atoms with van der Waals surface area (Å²) in [6.07, 6.45) is 5.97. The van der Waals surface area contributed by atoms with Crippen molar-refractivity contribution in [3.05, 3.63) is 30.0 Å². The molecule has 0 amide bonds. The monoisotopic (exact) mass is 244 g/mol. The molecule has 1 aliphatic heterocycles. The van der Waals surface area contributed by atoms with Gasteiger partial charge in [-0.1, -0.05) is 0 Å². The van der Waals surface area contributed by atoms with Gasteiger partial charge in [-0.25, -0.2) is 0 Å². The summed E-state index contributed by atoms with van der Waals surface area (Å²) in [5.74, 6) is 1.69. The first-order chi connectivity index (χ1) is 8.86. The summed E-state index contributed by atoms with van der Waals surface area (Å²) in [5, 5.41) is 4.82. The number of hydrogen-bond donors (Lipinski definition) is 2. The number of methoxy groups -OCH3 is 1. The van der Waals surface area contributed by atoms with Crippen molar-refractivity contribution in [2.45, 2.75) is 19.3 Å². The summed E-state index contributed by atoms with van der Waals surface area (Å²) >= 11 is 0. The maximum Gasteiger partial charge on any atom is 0.120 e. The summed E-state index contributed by atoms with van der Waals surface area (Å²) in [4.78, 5) is 3.35. The van der Waals surface area contributed by atoms with E-state index in [1.54, 1.807) is 7.11 Å². The van der Waals surface area contributed by atoms with Crippen molar-refractivity contribution in [2.24, 2.45) is 5.92 Å². The molecule has 1 saturated heterocycles. The minimum Gasteiger partial charge on any atom is -0.497 e. The Morgan fingerprint density at radius 2 is 2.33 bits per heavy atom. The minimum atomic E-state index is 0.778. The number of hydrogen-bond acceptors (Lipinski definition) is 2. The van der Waals surface area contributed by atoms with E-state index in [1.807, 2.05) is 6.07 Å². The van der Waals surface area contributed by atoms with Crippen molar-refractivity contribution in [1.29, 1.82) is 0 Å². The Hall–Kier alpha value is -1.48. The summed E-state index contributed by atoms with van der Waals surface area (Å²) in [5.41, 5.74) is 2.61. The topological polar surface area (TPSA) is 37.0 Å². The van der Waals surface area contributed by atoms with Crippen molar-refractivity contribution < 1.29 is 4.74 Å².